The summed E-state index contributed by atoms with van der Waals surface area (Å²) in [4.78, 5) is 15.5. The monoisotopic (exact) mass is 454 g/mol. The predicted octanol–water partition coefficient (Wildman–Crippen LogP) is 4.96. The van der Waals surface area contributed by atoms with Crippen LogP contribution in [0.3, 0.4) is 0 Å². The fourth-order valence-electron chi connectivity index (χ4n) is 5.21. The summed E-state index contributed by atoms with van der Waals surface area (Å²) < 4.78 is 0. The van der Waals surface area contributed by atoms with Gasteiger partial charge >= 0.3 is 0 Å². The number of amides is 1. The van der Waals surface area contributed by atoms with Crippen LogP contribution in [0.1, 0.15) is 65.0 Å². The molecule has 2 N–H and O–H groups in total. The van der Waals surface area contributed by atoms with E-state index in [0.29, 0.717) is 22.4 Å². The fraction of sp³-hybridized carbons (Fsp3) is 0.407. The van der Waals surface area contributed by atoms with Crippen LogP contribution in [-0.4, -0.2) is 41.1 Å². The Hall–Kier alpha value is -3.66. The van der Waals surface area contributed by atoms with Gasteiger partial charge in [-0.1, -0.05) is 12.1 Å². The molecule has 174 valence electrons. The first-order valence-corrected chi connectivity index (χ1v) is 11.9. The van der Waals surface area contributed by atoms with Crippen LogP contribution < -0.4 is 10.6 Å². The van der Waals surface area contributed by atoms with Crippen molar-refractivity contribution in [3.8, 4) is 6.07 Å². The van der Waals surface area contributed by atoms with Crippen LogP contribution in [0.15, 0.2) is 30.3 Å². The average Bonchev–Trinajstić information content (AvgIpc) is 3.47. The molecule has 1 spiro atoms. The SMILES string of the molecule is CNc1cc2c(N[C@H](C)c3cccc(C#N)c3C)nnc(C)c2cc1C(=O)N1CCC2(CC2)C1. The molecule has 1 aliphatic carbocycles. The van der Waals surface area contributed by atoms with Gasteiger partial charge in [-0.3, -0.25) is 4.79 Å². The van der Waals surface area contributed by atoms with Gasteiger partial charge in [0.2, 0.25) is 0 Å². The number of fused-ring (bicyclic) bond motifs is 1. The first-order chi connectivity index (χ1) is 16.4. The van der Waals surface area contributed by atoms with Crippen molar-refractivity contribution >= 4 is 28.2 Å². The molecule has 0 unspecified atom stereocenters. The molecular formula is C27H30N6O. The van der Waals surface area contributed by atoms with Crippen molar-refractivity contribution in [1.82, 2.24) is 15.1 Å². The first-order valence-electron chi connectivity index (χ1n) is 11.9. The number of rotatable bonds is 5. The van der Waals surface area contributed by atoms with E-state index in [1.807, 2.05) is 56.1 Å². The molecule has 1 saturated heterocycles. The highest BCUT2D eigenvalue weighted by Gasteiger charge is 2.49. The summed E-state index contributed by atoms with van der Waals surface area (Å²) in [6.07, 6.45) is 3.60. The van der Waals surface area contributed by atoms with Gasteiger partial charge in [0.05, 0.1) is 28.9 Å². The lowest BCUT2D eigenvalue weighted by atomic mass is 9.98. The minimum Gasteiger partial charge on any atom is -0.387 e. The number of carbonyl (C=O) groups is 1. The van der Waals surface area contributed by atoms with Crippen LogP contribution in [0.2, 0.25) is 0 Å². The van der Waals surface area contributed by atoms with Crippen molar-refractivity contribution in [2.24, 2.45) is 5.41 Å². The molecule has 2 aliphatic rings. The Balaban J connectivity index is 1.51. The van der Waals surface area contributed by atoms with Crippen molar-refractivity contribution < 1.29 is 4.79 Å². The standard InChI is InChI=1S/C27H30N6O/c1-16-19(14-28)6-5-7-20(16)17(2)30-25-22-13-24(29-4)23(12-21(22)18(3)31-32-25)26(34)33-11-10-27(15-33)8-9-27/h5-7,12-13,17,29H,8-11,15H2,1-4H3,(H,30,32)/t17-/m1/s1. The molecule has 5 rings (SSSR count). The normalized spacial score (nSPS) is 17.0. The third-order valence-corrected chi connectivity index (χ3v) is 7.60. The third-order valence-electron chi connectivity index (χ3n) is 7.60. The second kappa shape index (κ2) is 8.28. The number of nitrogens with one attached hydrogen (secondary N) is 2. The molecule has 2 aromatic carbocycles. The summed E-state index contributed by atoms with van der Waals surface area (Å²) in [5.74, 6) is 0.738. The summed E-state index contributed by atoms with van der Waals surface area (Å²) in [7, 11) is 1.85. The maximum Gasteiger partial charge on any atom is 0.255 e. The molecule has 1 amide bonds. The van der Waals surface area contributed by atoms with Crippen molar-refractivity contribution in [2.75, 3.05) is 30.8 Å². The Bertz CT molecular complexity index is 1340. The largest absolute Gasteiger partial charge is 0.387 e. The van der Waals surface area contributed by atoms with E-state index < -0.39 is 0 Å². The first kappa shape index (κ1) is 22.1. The molecule has 1 aliphatic heterocycles. The Kier molecular flexibility index (Phi) is 5.40. The minimum absolute atomic E-state index is 0.0767. The molecule has 2 heterocycles. The van der Waals surface area contributed by atoms with Crippen LogP contribution in [0.25, 0.3) is 10.8 Å². The number of aryl methyl sites for hydroxylation is 1. The molecule has 7 heteroatoms. The van der Waals surface area contributed by atoms with Gasteiger partial charge < -0.3 is 15.5 Å². The highest BCUT2D eigenvalue weighted by molar-refractivity contribution is 6.07. The molecule has 0 bridgehead atoms. The zero-order chi connectivity index (χ0) is 24.0. The number of carbonyl (C=O) groups excluding carboxylic acids is 1. The number of nitriles is 1. The number of hydrogen-bond acceptors (Lipinski definition) is 6. The second-order valence-electron chi connectivity index (χ2n) is 9.80. The fourth-order valence-corrected chi connectivity index (χ4v) is 5.21. The van der Waals surface area contributed by atoms with Gasteiger partial charge in [-0.05, 0) is 74.8 Å². The van der Waals surface area contributed by atoms with Gasteiger partial charge in [-0.25, -0.2) is 0 Å². The van der Waals surface area contributed by atoms with Crippen LogP contribution in [0.4, 0.5) is 11.5 Å². The lowest BCUT2D eigenvalue weighted by Gasteiger charge is -2.21. The molecule has 1 atom stereocenters. The Morgan fingerprint density at radius 3 is 2.65 bits per heavy atom. The van der Waals surface area contributed by atoms with Crippen LogP contribution >= 0.6 is 0 Å². The molecule has 2 fully saturated rings. The number of likely N-dealkylation sites (tertiary alicyclic amines) is 1. The van der Waals surface area contributed by atoms with Crippen LogP contribution in [0, 0.1) is 30.6 Å². The summed E-state index contributed by atoms with van der Waals surface area (Å²) in [6, 6.07) is 11.9. The summed E-state index contributed by atoms with van der Waals surface area (Å²) in [6.45, 7) is 7.64. The topological polar surface area (TPSA) is 93.9 Å². The van der Waals surface area contributed by atoms with Gasteiger partial charge in [-0.15, -0.1) is 5.10 Å². The van der Waals surface area contributed by atoms with E-state index in [4.69, 9.17) is 0 Å². The number of nitrogens with zero attached hydrogens (tertiary/aromatic N) is 4. The molecule has 7 nitrogen and oxygen atoms in total. The summed E-state index contributed by atoms with van der Waals surface area (Å²) >= 11 is 0. The van der Waals surface area contributed by atoms with Gasteiger partial charge in [-0.2, -0.15) is 10.4 Å². The van der Waals surface area contributed by atoms with Gasteiger partial charge in [0.15, 0.2) is 5.82 Å². The highest BCUT2D eigenvalue weighted by Crippen LogP contribution is 2.53. The van der Waals surface area contributed by atoms with Crippen molar-refractivity contribution in [2.45, 2.75) is 46.1 Å². The maximum atomic E-state index is 13.5. The van der Waals surface area contributed by atoms with E-state index in [-0.39, 0.29) is 11.9 Å². The number of hydrogen-bond donors (Lipinski definition) is 2. The Morgan fingerprint density at radius 1 is 1.18 bits per heavy atom. The minimum atomic E-state index is -0.0767. The average molecular weight is 455 g/mol. The van der Waals surface area contributed by atoms with Gasteiger partial charge in [0.25, 0.3) is 5.91 Å². The maximum absolute atomic E-state index is 13.5. The molecular weight excluding hydrogens is 424 g/mol. The Labute approximate surface area is 200 Å². The van der Waals surface area contributed by atoms with E-state index in [9.17, 15) is 10.1 Å². The van der Waals surface area contributed by atoms with E-state index in [2.05, 4.69) is 33.8 Å². The molecule has 3 aromatic rings. The molecule has 1 saturated carbocycles. The van der Waals surface area contributed by atoms with Crippen molar-refractivity contribution in [1.29, 1.82) is 5.26 Å². The molecule has 34 heavy (non-hydrogen) atoms. The zero-order valence-electron chi connectivity index (χ0n) is 20.2. The molecule has 1 aromatic heterocycles. The van der Waals surface area contributed by atoms with E-state index in [1.54, 1.807) is 0 Å². The smallest absolute Gasteiger partial charge is 0.255 e. The van der Waals surface area contributed by atoms with Crippen molar-refractivity contribution in [3.05, 3.63) is 58.3 Å². The van der Waals surface area contributed by atoms with Crippen LogP contribution in [-0.2, 0) is 0 Å². The van der Waals surface area contributed by atoms with E-state index in [0.717, 1.165) is 52.8 Å². The third kappa shape index (κ3) is 3.73. The zero-order valence-corrected chi connectivity index (χ0v) is 20.2. The van der Waals surface area contributed by atoms with Gasteiger partial charge in [0.1, 0.15) is 0 Å². The van der Waals surface area contributed by atoms with E-state index in [1.165, 1.54) is 12.8 Å². The van der Waals surface area contributed by atoms with Gasteiger partial charge in [0, 0.05) is 36.6 Å². The van der Waals surface area contributed by atoms with E-state index >= 15 is 0 Å². The van der Waals surface area contributed by atoms with Crippen molar-refractivity contribution in [3.63, 3.8) is 0 Å². The number of aromatic nitrogens is 2. The highest BCUT2D eigenvalue weighted by atomic mass is 16.2. The summed E-state index contributed by atoms with van der Waals surface area (Å²) in [5.41, 5.74) is 5.31. The lowest BCUT2D eigenvalue weighted by Crippen LogP contribution is -2.29. The second-order valence-corrected chi connectivity index (χ2v) is 9.80. The lowest BCUT2D eigenvalue weighted by molar-refractivity contribution is 0.0786. The quantitative estimate of drug-likeness (QED) is 0.566. The number of anilines is 2. The number of benzene rings is 2. The van der Waals surface area contributed by atoms with Crippen LogP contribution in [0.5, 0.6) is 0 Å². The predicted molar refractivity (Wildman–Crippen MR) is 134 cm³/mol. The molecule has 0 radical (unpaired) electrons. The Morgan fingerprint density at radius 2 is 1.97 bits per heavy atom. The summed E-state index contributed by atoms with van der Waals surface area (Å²) in [5, 5.41) is 26.8.